The predicted molar refractivity (Wildman–Crippen MR) is 78.5 cm³/mol. The maximum atomic E-state index is 11.6. The molecule has 2 aromatic heterocycles. The van der Waals surface area contributed by atoms with Crippen LogP contribution in [-0.4, -0.2) is 32.2 Å². The first-order valence-electron chi connectivity index (χ1n) is 6.17. The minimum atomic E-state index is -0.762. The monoisotopic (exact) mass is 324 g/mol. The highest BCUT2D eigenvalue weighted by Gasteiger charge is 2.17. The Balaban J connectivity index is 1.84. The van der Waals surface area contributed by atoms with Gasteiger partial charge in [-0.3, -0.25) is 5.32 Å². The van der Waals surface area contributed by atoms with E-state index in [2.05, 4.69) is 10.3 Å². The quantitative estimate of drug-likeness (QED) is 0.507. The third-order valence-corrected chi connectivity index (χ3v) is 3.03. The fourth-order valence-corrected chi connectivity index (χ4v) is 1.91. The number of aryl methyl sites for hydroxylation is 1. The van der Waals surface area contributed by atoms with Crippen LogP contribution in [0.25, 0.3) is 0 Å². The summed E-state index contributed by atoms with van der Waals surface area (Å²) in [6.07, 6.45) is 1.82. The number of alkyl carbamates (subject to hydrolysis) is 1. The van der Waals surface area contributed by atoms with Gasteiger partial charge in [-0.1, -0.05) is 12.2 Å². The van der Waals surface area contributed by atoms with Gasteiger partial charge in [-0.2, -0.15) is 0 Å². The molecule has 2 rings (SSSR count). The Hall–Kier alpha value is -2.75. The van der Waals surface area contributed by atoms with Crippen molar-refractivity contribution < 1.29 is 18.9 Å². The number of carbonyl (C=O) groups excluding carboxylic acids is 1. The standard InChI is InChI=1S/C12H12N4O5S/c1-8-13-7-10(16(18)19)15(8)4-6-21-12(17)14-11(22)9-3-2-5-20-9/h2-3,5,7H,4,6H2,1H3,(H,14,17,22). The minimum Gasteiger partial charge on any atom is -0.462 e. The van der Waals surface area contributed by atoms with Crippen molar-refractivity contribution in [2.45, 2.75) is 13.5 Å². The fourth-order valence-electron chi connectivity index (χ4n) is 1.71. The van der Waals surface area contributed by atoms with Gasteiger partial charge in [0.25, 0.3) is 0 Å². The summed E-state index contributed by atoms with van der Waals surface area (Å²) in [6, 6.07) is 3.23. The number of nitrogens with zero attached hydrogens (tertiary/aromatic N) is 3. The molecule has 0 aliphatic heterocycles. The lowest BCUT2D eigenvalue weighted by Crippen LogP contribution is -2.30. The van der Waals surface area contributed by atoms with Crippen LogP contribution in [0.5, 0.6) is 0 Å². The molecular formula is C12H12N4O5S. The number of nitro groups is 1. The molecule has 0 unspecified atom stereocenters. The lowest BCUT2D eigenvalue weighted by Gasteiger charge is -2.06. The Kier molecular flexibility index (Phi) is 4.84. The van der Waals surface area contributed by atoms with Crippen LogP contribution in [0.2, 0.25) is 0 Å². The normalized spacial score (nSPS) is 10.2. The van der Waals surface area contributed by atoms with E-state index in [1.54, 1.807) is 19.1 Å². The van der Waals surface area contributed by atoms with Crippen molar-refractivity contribution in [1.82, 2.24) is 14.9 Å². The maximum absolute atomic E-state index is 11.6. The maximum Gasteiger partial charge on any atom is 0.412 e. The fraction of sp³-hybridized carbons (Fsp3) is 0.250. The van der Waals surface area contributed by atoms with Crippen molar-refractivity contribution in [3.63, 3.8) is 0 Å². The van der Waals surface area contributed by atoms with Crippen LogP contribution in [0.3, 0.4) is 0 Å². The average Bonchev–Trinajstić information content (AvgIpc) is 3.09. The number of amides is 1. The predicted octanol–water partition coefficient (Wildman–Crippen LogP) is 1.79. The molecule has 0 bridgehead atoms. The second-order valence-electron chi connectivity index (χ2n) is 4.14. The molecule has 0 atom stereocenters. The highest BCUT2D eigenvalue weighted by molar-refractivity contribution is 7.80. The molecular weight excluding hydrogens is 312 g/mol. The van der Waals surface area contributed by atoms with Gasteiger partial charge in [0.15, 0.2) is 16.6 Å². The number of hydrogen-bond acceptors (Lipinski definition) is 7. The van der Waals surface area contributed by atoms with Crippen molar-refractivity contribution >= 4 is 29.1 Å². The van der Waals surface area contributed by atoms with Gasteiger partial charge in [0, 0.05) is 6.92 Å². The Bertz CT molecular complexity index is 694. The number of hydrogen-bond donors (Lipinski definition) is 1. The Labute approximate surface area is 130 Å². The van der Waals surface area contributed by atoms with Crippen LogP contribution in [-0.2, 0) is 11.3 Å². The summed E-state index contributed by atoms with van der Waals surface area (Å²) >= 11 is 4.95. The van der Waals surface area contributed by atoms with Gasteiger partial charge in [0.05, 0.1) is 6.26 Å². The molecule has 9 nitrogen and oxygen atoms in total. The zero-order valence-electron chi connectivity index (χ0n) is 11.5. The van der Waals surface area contributed by atoms with Crippen molar-refractivity contribution in [1.29, 1.82) is 0 Å². The number of aromatic nitrogens is 2. The summed E-state index contributed by atoms with van der Waals surface area (Å²) in [5.74, 6) is 0.641. The zero-order chi connectivity index (χ0) is 16.1. The molecule has 10 heteroatoms. The van der Waals surface area contributed by atoms with Crippen LogP contribution in [0, 0.1) is 17.0 Å². The SMILES string of the molecule is Cc1ncc([N+](=O)[O-])n1CCOC(=O)NC(=S)c1ccco1. The summed E-state index contributed by atoms with van der Waals surface area (Å²) in [7, 11) is 0. The third-order valence-electron chi connectivity index (χ3n) is 2.73. The van der Waals surface area contributed by atoms with E-state index in [0.717, 1.165) is 6.20 Å². The number of rotatable bonds is 5. The van der Waals surface area contributed by atoms with Crippen molar-refractivity contribution in [3.8, 4) is 0 Å². The van der Waals surface area contributed by atoms with Crippen molar-refractivity contribution in [2.75, 3.05) is 6.61 Å². The molecule has 0 saturated carbocycles. The molecule has 1 amide bonds. The molecule has 0 aliphatic rings. The van der Waals surface area contributed by atoms with E-state index in [1.807, 2.05) is 0 Å². The smallest absolute Gasteiger partial charge is 0.412 e. The van der Waals surface area contributed by atoms with E-state index in [1.165, 1.54) is 10.8 Å². The van der Waals surface area contributed by atoms with Crippen LogP contribution in [0.15, 0.2) is 29.0 Å². The van der Waals surface area contributed by atoms with E-state index in [0.29, 0.717) is 11.6 Å². The number of nitrogens with one attached hydrogen (secondary N) is 1. The number of imidazole rings is 1. The van der Waals surface area contributed by atoms with E-state index in [-0.39, 0.29) is 24.0 Å². The van der Waals surface area contributed by atoms with Crippen LogP contribution in [0.4, 0.5) is 10.6 Å². The van der Waals surface area contributed by atoms with E-state index in [4.69, 9.17) is 21.4 Å². The number of thiocarbonyl (C=S) groups is 1. The van der Waals surface area contributed by atoms with E-state index >= 15 is 0 Å². The zero-order valence-corrected chi connectivity index (χ0v) is 12.3. The number of furan rings is 1. The topological polar surface area (TPSA) is 112 Å². The molecule has 2 heterocycles. The second-order valence-corrected chi connectivity index (χ2v) is 4.55. The average molecular weight is 324 g/mol. The molecule has 0 spiro atoms. The molecule has 0 aliphatic carbocycles. The Morgan fingerprint density at radius 2 is 2.41 bits per heavy atom. The molecule has 0 aromatic carbocycles. The van der Waals surface area contributed by atoms with Crippen LogP contribution >= 0.6 is 12.2 Å². The Morgan fingerprint density at radius 3 is 3.05 bits per heavy atom. The van der Waals surface area contributed by atoms with Gasteiger partial charge < -0.3 is 19.3 Å². The minimum absolute atomic E-state index is 0.0648. The van der Waals surface area contributed by atoms with Crippen LogP contribution < -0.4 is 5.32 Å². The molecule has 0 saturated heterocycles. The molecule has 2 aromatic rings. The second kappa shape index (κ2) is 6.80. The lowest BCUT2D eigenvalue weighted by atomic mass is 10.4. The first-order chi connectivity index (χ1) is 10.5. The van der Waals surface area contributed by atoms with Gasteiger partial charge in [-0.05, 0) is 17.1 Å². The van der Waals surface area contributed by atoms with Crippen LogP contribution in [0.1, 0.15) is 11.6 Å². The van der Waals surface area contributed by atoms with Gasteiger partial charge in [-0.15, -0.1) is 0 Å². The Morgan fingerprint density at radius 1 is 1.64 bits per heavy atom. The number of carbonyl (C=O) groups is 1. The van der Waals surface area contributed by atoms with Crippen molar-refractivity contribution in [2.24, 2.45) is 0 Å². The van der Waals surface area contributed by atoms with E-state index in [9.17, 15) is 14.9 Å². The first kappa shape index (κ1) is 15.6. The highest BCUT2D eigenvalue weighted by atomic mass is 32.1. The summed E-state index contributed by atoms with van der Waals surface area (Å²) in [5.41, 5.74) is 0. The summed E-state index contributed by atoms with van der Waals surface area (Å²) in [4.78, 5) is 25.8. The lowest BCUT2D eigenvalue weighted by molar-refractivity contribution is -0.392. The molecule has 1 N–H and O–H groups in total. The van der Waals surface area contributed by atoms with Gasteiger partial charge in [0.1, 0.15) is 19.3 Å². The van der Waals surface area contributed by atoms with Gasteiger partial charge in [-0.25, -0.2) is 14.3 Å². The first-order valence-corrected chi connectivity index (χ1v) is 6.58. The van der Waals surface area contributed by atoms with Gasteiger partial charge >= 0.3 is 11.9 Å². The molecule has 116 valence electrons. The van der Waals surface area contributed by atoms with E-state index < -0.39 is 11.0 Å². The number of ether oxygens (including phenoxy) is 1. The third kappa shape index (κ3) is 3.67. The summed E-state index contributed by atoms with van der Waals surface area (Å²) in [6.45, 7) is 1.67. The van der Waals surface area contributed by atoms with Gasteiger partial charge in [0.2, 0.25) is 0 Å². The summed E-state index contributed by atoms with van der Waals surface area (Å²) < 4.78 is 11.3. The molecule has 22 heavy (non-hydrogen) atoms. The highest BCUT2D eigenvalue weighted by Crippen LogP contribution is 2.13. The molecule has 0 fully saturated rings. The molecule has 0 radical (unpaired) electrons. The largest absolute Gasteiger partial charge is 0.462 e. The van der Waals surface area contributed by atoms with Crippen molar-refractivity contribution in [3.05, 3.63) is 46.3 Å². The summed E-state index contributed by atoms with van der Waals surface area (Å²) in [5, 5.41) is 13.1.